The van der Waals surface area contributed by atoms with Gasteiger partial charge in [0, 0.05) is 17.8 Å². The van der Waals surface area contributed by atoms with Gasteiger partial charge in [0.25, 0.3) is 0 Å². The summed E-state index contributed by atoms with van der Waals surface area (Å²) in [5, 5.41) is 0. The van der Waals surface area contributed by atoms with Gasteiger partial charge in [-0.1, -0.05) is 12.1 Å². The second-order valence-electron chi connectivity index (χ2n) is 4.80. The summed E-state index contributed by atoms with van der Waals surface area (Å²) in [5.74, 6) is 0.0514. The second kappa shape index (κ2) is 6.80. The summed E-state index contributed by atoms with van der Waals surface area (Å²) in [6.07, 6.45) is 3.37. The number of fused-ring (bicyclic) bond motifs is 1. The Labute approximate surface area is 136 Å². The minimum Gasteiger partial charge on any atom is -0.611 e. The van der Waals surface area contributed by atoms with Crippen LogP contribution in [-0.2, 0) is 20.7 Å². The molecular formula is C16H15N3O3S. The van der Waals surface area contributed by atoms with Gasteiger partial charge in [0.2, 0.25) is 5.75 Å². The van der Waals surface area contributed by atoms with Crippen molar-refractivity contribution in [3.63, 3.8) is 0 Å². The van der Waals surface area contributed by atoms with Crippen LogP contribution in [0.25, 0.3) is 22.4 Å². The summed E-state index contributed by atoms with van der Waals surface area (Å²) in [6.45, 7) is 2.00. The van der Waals surface area contributed by atoms with E-state index in [4.69, 9.17) is 4.74 Å². The maximum Gasteiger partial charge on any atom is 0.356 e. The monoisotopic (exact) mass is 329 g/mol. The van der Waals surface area contributed by atoms with Crippen molar-refractivity contribution in [1.29, 1.82) is 0 Å². The van der Waals surface area contributed by atoms with Crippen LogP contribution in [0.4, 0.5) is 0 Å². The lowest BCUT2D eigenvalue weighted by atomic mass is 10.2. The fourth-order valence-corrected chi connectivity index (χ4v) is 3.12. The van der Waals surface area contributed by atoms with E-state index in [2.05, 4.69) is 15.0 Å². The van der Waals surface area contributed by atoms with Crippen LogP contribution in [0.15, 0.2) is 47.6 Å². The molecule has 0 spiro atoms. The van der Waals surface area contributed by atoms with Crippen LogP contribution in [0.2, 0.25) is 0 Å². The normalized spacial score (nSPS) is 12.3. The largest absolute Gasteiger partial charge is 0.611 e. The molecule has 23 heavy (non-hydrogen) atoms. The van der Waals surface area contributed by atoms with Crippen molar-refractivity contribution in [3.05, 3.63) is 42.7 Å². The molecule has 2 aromatic heterocycles. The van der Waals surface area contributed by atoms with Crippen molar-refractivity contribution in [2.45, 2.75) is 11.8 Å². The van der Waals surface area contributed by atoms with Gasteiger partial charge in [0.1, 0.15) is 11.3 Å². The van der Waals surface area contributed by atoms with Crippen molar-refractivity contribution in [1.82, 2.24) is 15.0 Å². The van der Waals surface area contributed by atoms with Crippen LogP contribution < -0.4 is 0 Å². The van der Waals surface area contributed by atoms with Crippen LogP contribution in [0.5, 0.6) is 0 Å². The van der Waals surface area contributed by atoms with Gasteiger partial charge in [-0.05, 0) is 30.2 Å². The Bertz CT molecular complexity index is 801. The third-order valence-electron chi connectivity index (χ3n) is 3.21. The molecule has 0 bridgehead atoms. The van der Waals surface area contributed by atoms with Crippen molar-refractivity contribution in [3.8, 4) is 11.4 Å². The maximum absolute atomic E-state index is 12.3. The molecule has 1 atom stereocenters. The minimum atomic E-state index is -1.45. The fraction of sp³-hybridized carbons (Fsp3) is 0.188. The summed E-state index contributed by atoms with van der Waals surface area (Å²) < 4.78 is 17.1. The van der Waals surface area contributed by atoms with Gasteiger partial charge in [-0.3, -0.25) is 4.98 Å². The van der Waals surface area contributed by atoms with Gasteiger partial charge in [0.15, 0.2) is 4.90 Å². The van der Waals surface area contributed by atoms with E-state index in [0.717, 1.165) is 16.6 Å². The molecule has 0 fully saturated rings. The smallest absolute Gasteiger partial charge is 0.356 e. The standard InChI is InChI=1S/C16H15N3O3S/c1-2-22-15(20)10-23(21)12-5-3-4-11(8-12)16-18-13-6-7-17-9-14(13)19-16/h3-9H,2,10H2,1H3,(H,18,19). The topological polar surface area (TPSA) is 90.9 Å². The Morgan fingerprint density at radius 1 is 1.39 bits per heavy atom. The number of benzene rings is 1. The highest BCUT2D eigenvalue weighted by Crippen LogP contribution is 2.23. The number of imidazole rings is 1. The maximum atomic E-state index is 12.3. The lowest BCUT2D eigenvalue weighted by molar-refractivity contribution is -0.139. The zero-order valence-electron chi connectivity index (χ0n) is 12.5. The van der Waals surface area contributed by atoms with Crippen molar-refractivity contribution < 1.29 is 14.1 Å². The summed E-state index contributed by atoms with van der Waals surface area (Å²) in [5.41, 5.74) is 2.45. The third kappa shape index (κ3) is 3.52. The Kier molecular flexibility index (Phi) is 4.59. The highest BCUT2D eigenvalue weighted by atomic mass is 32.2. The number of nitrogens with zero attached hydrogens (tertiary/aromatic N) is 2. The van der Waals surface area contributed by atoms with E-state index in [-0.39, 0.29) is 12.4 Å². The summed E-state index contributed by atoms with van der Waals surface area (Å²) >= 11 is -1.45. The number of carbonyl (C=O) groups is 1. The predicted molar refractivity (Wildman–Crippen MR) is 87.2 cm³/mol. The van der Waals surface area contributed by atoms with Crippen molar-refractivity contribution in [2.75, 3.05) is 12.4 Å². The number of carbonyl (C=O) groups excluding carboxylic acids is 1. The average molecular weight is 329 g/mol. The number of rotatable bonds is 5. The van der Waals surface area contributed by atoms with Gasteiger partial charge >= 0.3 is 5.97 Å². The number of hydrogen-bond donors (Lipinski definition) is 1. The molecule has 0 saturated carbocycles. The molecule has 3 aromatic rings. The minimum absolute atomic E-state index is 0.151. The lowest BCUT2D eigenvalue weighted by Gasteiger charge is -2.10. The molecule has 0 saturated heterocycles. The van der Waals surface area contributed by atoms with Gasteiger partial charge in [-0.15, -0.1) is 0 Å². The summed E-state index contributed by atoms with van der Waals surface area (Å²) in [6, 6.07) is 8.99. The third-order valence-corrected chi connectivity index (χ3v) is 4.49. The molecule has 6 nitrogen and oxygen atoms in total. The predicted octanol–water partition coefficient (Wildman–Crippen LogP) is 2.30. The van der Waals surface area contributed by atoms with Crippen LogP contribution in [0, 0.1) is 0 Å². The number of pyridine rings is 1. The second-order valence-corrected chi connectivity index (χ2v) is 6.25. The number of aromatic amines is 1. The number of hydrogen-bond acceptors (Lipinski definition) is 5. The summed E-state index contributed by atoms with van der Waals surface area (Å²) in [4.78, 5) is 23.7. The van der Waals surface area contributed by atoms with E-state index in [1.165, 1.54) is 0 Å². The molecule has 0 aliphatic carbocycles. The fourth-order valence-electron chi connectivity index (χ4n) is 2.17. The molecule has 7 heteroatoms. The highest BCUT2D eigenvalue weighted by Gasteiger charge is 2.18. The number of esters is 1. The molecule has 0 amide bonds. The molecule has 1 unspecified atom stereocenters. The van der Waals surface area contributed by atoms with E-state index in [0.29, 0.717) is 10.7 Å². The van der Waals surface area contributed by atoms with E-state index < -0.39 is 17.1 Å². The highest BCUT2D eigenvalue weighted by molar-refractivity contribution is 7.92. The van der Waals surface area contributed by atoms with E-state index in [1.807, 2.05) is 12.1 Å². The quantitative estimate of drug-likeness (QED) is 0.573. The van der Waals surface area contributed by atoms with Gasteiger partial charge in [0.05, 0.1) is 18.3 Å². The van der Waals surface area contributed by atoms with Crippen LogP contribution in [0.3, 0.4) is 0 Å². The number of nitrogens with one attached hydrogen (secondary N) is 1. The van der Waals surface area contributed by atoms with Crippen LogP contribution in [-0.4, -0.2) is 37.8 Å². The molecule has 1 aromatic carbocycles. The van der Waals surface area contributed by atoms with Crippen molar-refractivity contribution in [2.24, 2.45) is 0 Å². The molecular weight excluding hydrogens is 314 g/mol. The zero-order chi connectivity index (χ0) is 16.2. The molecule has 118 valence electrons. The zero-order valence-corrected chi connectivity index (χ0v) is 13.3. The van der Waals surface area contributed by atoms with Crippen LogP contribution in [0.1, 0.15) is 6.92 Å². The first-order chi connectivity index (χ1) is 11.2. The SMILES string of the molecule is CCOC(=O)C[S+]([O-])c1cccc(-c2nc3cnccc3[nH]2)c1. The number of ether oxygens (including phenoxy) is 1. The molecule has 0 aliphatic heterocycles. The lowest BCUT2D eigenvalue weighted by Crippen LogP contribution is -2.18. The first-order valence-electron chi connectivity index (χ1n) is 7.11. The Balaban J connectivity index is 1.85. The Hall–Kier alpha value is -2.38. The van der Waals surface area contributed by atoms with E-state index in [1.54, 1.807) is 37.5 Å². The summed E-state index contributed by atoms with van der Waals surface area (Å²) in [7, 11) is 0. The molecule has 3 rings (SSSR count). The Morgan fingerprint density at radius 2 is 2.26 bits per heavy atom. The number of aromatic nitrogens is 3. The molecule has 0 radical (unpaired) electrons. The molecule has 0 aliphatic rings. The Morgan fingerprint density at radius 3 is 3.04 bits per heavy atom. The van der Waals surface area contributed by atoms with Gasteiger partial charge in [-0.25, -0.2) is 9.78 Å². The molecule has 2 heterocycles. The van der Waals surface area contributed by atoms with Gasteiger partial charge in [-0.2, -0.15) is 0 Å². The molecule has 1 N–H and O–H groups in total. The van der Waals surface area contributed by atoms with E-state index in [9.17, 15) is 9.35 Å². The number of H-pyrrole nitrogens is 1. The first kappa shape index (κ1) is 15.5. The van der Waals surface area contributed by atoms with Crippen LogP contribution >= 0.6 is 0 Å². The van der Waals surface area contributed by atoms with E-state index >= 15 is 0 Å². The van der Waals surface area contributed by atoms with Gasteiger partial charge < -0.3 is 14.3 Å². The van der Waals surface area contributed by atoms with Crippen molar-refractivity contribution >= 4 is 28.2 Å². The first-order valence-corrected chi connectivity index (χ1v) is 8.43. The average Bonchev–Trinajstić information content (AvgIpc) is 2.99.